The van der Waals surface area contributed by atoms with E-state index in [0.29, 0.717) is 18.8 Å². The first-order valence-corrected chi connectivity index (χ1v) is 8.41. The Morgan fingerprint density at radius 1 is 1.32 bits per heavy atom. The Bertz CT molecular complexity index is 990. The summed E-state index contributed by atoms with van der Waals surface area (Å²) < 4.78 is 1.93. The highest BCUT2D eigenvalue weighted by molar-refractivity contribution is 5.93. The van der Waals surface area contributed by atoms with E-state index in [1.54, 1.807) is 6.20 Å². The number of rotatable bonds is 2. The Kier molecular flexibility index (Phi) is 3.83. The van der Waals surface area contributed by atoms with Gasteiger partial charge in [0.25, 0.3) is 5.91 Å². The number of aromatic nitrogens is 4. The maximum Gasteiger partial charge on any atom is 0.345 e. The lowest BCUT2D eigenvalue weighted by Crippen LogP contribution is -2.39. The summed E-state index contributed by atoms with van der Waals surface area (Å²) in [5.41, 5.74) is 2.75. The van der Waals surface area contributed by atoms with Crippen molar-refractivity contribution in [3.63, 3.8) is 0 Å². The summed E-state index contributed by atoms with van der Waals surface area (Å²) in [5, 5.41) is 0. The van der Waals surface area contributed by atoms with E-state index in [-0.39, 0.29) is 17.5 Å². The van der Waals surface area contributed by atoms with E-state index in [9.17, 15) is 9.59 Å². The predicted molar refractivity (Wildman–Crippen MR) is 92.7 cm³/mol. The Balaban J connectivity index is 1.58. The van der Waals surface area contributed by atoms with Gasteiger partial charge in [-0.1, -0.05) is 6.07 Å². The number of aromatic amines is 1. The summed E-state index contributed by atoms with van der Waals surface area (Å²) in [6, 6.07) is 7.63. The summed E-state index contributed by atoms with van der Waals surface area (Å²) in [5.74, 6) is 0.0522. The maximum absolute atomic E-state index is 12.9. The molecule has 0 radical (unpaired) electrons. The summed E-state index contributed by atoms with van der Waals surface area (Å²) in [6.07, 6.45) is 5.14. The molecule has 0 aliphatic carbocycles. The highest BCUT2D eigenvalue weighted by Crippen LogP contribution is 2.25. The molecule has 4 heterocycles. The van der Waals surface area contributed by atoms with Crippen LogP contribution in [0.1, 0.15) is 40.6 Å². The molecule has 1 amide bonds. The number of aryl methyl sites for hydroxylation is 1. The van der Waals surface area contributed by atoms with Crippen LogP contribution in [0.4, 0.5) is 0 Å². The smallest absolute Gasteiger partial charge is 0.337 e. The average Bonchev–Trinajstić information content (AvgIpc) is 3.07. The third-order valence-electron chi connectivity index (χ3n) is 4.76. The van der Waals surface area contributed by atoms with Gasteiger partial charge >= 0.3 is 5.69 Å². The van der Waals surface area contributed by atoms with E-state index in [1.807, 2.05) is 40.5 Å². The highest BCUT2D eigenvalue weighted by atomic mass is 16.2. The van der Waals surface area contributed by atoms with Gasteiger partial charge in [0.1, 0.15) is 11.3 Å². The van der Waals surface area contributed by atoms with Crippen molar-refractivity contribution >= 4 is 11.6 Å². The summed E-state index contributed by atoms with van der Waals surface area (Å²) in [6.45, 7) is 3.27. The predicted octanol–water partition coefficient (Wildman–Crippen LogP) is 1.75. The lowest BCUT2D eigenvalue weighted by atomic mass is 9.94. The van der Waals surface area contributed by atoms with E-state index in [2.05, 4.69) is 15.0 Å². The van der Waals surface area contributed by atoms with Gasteiger partial charge in [-0.3, -0.25) is 4.79 Å². The Morgan fingerprint density at radius 2 is 2.20 bits per heavy atom. The minimum Gasteiger partial charge on any atom is -0.337 e. The third-order valence-corrected chi connectivity index (χ3v) is 4.76. The minimum absolute atomic E-state index is 0.0656. The zero-order valence-electron chi connectivity index (χ0n) is 14.0. The standard InChI is InChI=1S/C18H19N5O2/c1-12-4-2-6-16-20-15(11-23(12)16)17(24)22-9-3-5-13(10-22)14-7-8-19-18(25)21-14/h2,4,6-8,11,13H,3,5,9-10H2,1H3,(H,19,21,25). The van der Waals surface area contributed by atoms with Gasteiger partial charge in [0.2, 0.25) is 0 Å². The summed E-state index contributed by atoms with van der Waals surface area (Å²) in [7, 11) is 0. The highest BCUT2D eigenvalue weighted by Gasteiger charge is 2.27. The molecule has 4 rings (SSSR count). The van der Waals surface area contributed by atoms with Gasteiger partial charge in [-0.2, -0.15) is 0 Å². The van der Waals surface area contributed by atoms with Crippen molar-refractivity contribution in [2.24, 2.45) is 0 Å². The molecule has 1 N–H and O–H groups in total. The molecule has 1 saturated heterocycles. The van der Waals surface area contributed by atoms with Crippen LogP contribution in [-0.4, -0.2) is 43.2 Å². The normalized spacial score (nSPS) is 17.8. The molecule has 0 spiro atoms. The second kappa shape index (κ2) is 6.16. The van der Waals surface area contributed by atoms with Crippen LogP contribution in [0.3, 0.4) is 0 Å². The van der Waals surface area contributed by atoms with Gasteiger partial charge in [0.05, 0.1) is 0 Å². The molecule has 25 heavy (non-hydrogen) atoms. The van der Waals surface area contributed by atoms with Crippen LogP contribution in [0.5, 0.6) is 0 Å². The van der Waals surface area contributed by atoms with E-state index in [0.717, 1.165) is 29.9 Å². The fourth-order valence-corrected chi connectivity index (χ4v) is 3.45. The number of fused-ring (bicyclic) bond motifs is 1. The molecule has 7 heteroatoms. The lowest BCUT2D eigenvalue weighted by molar-refractivity contribution is 0.0700. The number of imidazole rings is 1. The van der Waals surface area contributed by atoms with Crippen molar-refractivity contribution < 1.29 is 4.79 Å². The first-order valence-electron chi connectivity index (χ1n) is 8.41. The monoisotopic (exact) mass is 337 g/mol. The minimum atomic E-state index is -0.350. The number of hydrogen-bond acceptors (Lipinski definition) is 4. The number of H-pyrrole nitrogens is 1. The molecule has 7 nitrogen and oxygen atoms in total. The zero-order chi connectivity index (χ0) is 17.4. The zero-order valence-corrected chi connectivity index (χ0v) is 14.0. The van der Waals surface area contributed by atoms with Crippen LogP contribution in [0, 0.1) is 6.92 Å². The van der Waals surface area contributed by atoms with Crippen LogP contribution in [0.25, 0.3) is 5.65 Å². The van der Waals surface area contributed by atoms with Crippen LogP contribution >= 0.6 is 0 Å². The van der Waals surface area contributed by atoms with Gasteiger partial charge < -0.3 is 14.3 Å². The van der Waals surface area contributed by atoms with Crippen molar-refractivity contribution in [1.82, 2.24) is 24.3 Å². The first-order chi connectivity index (χ1) is 12.1. The van der Waals surface area contributed by atoms with Crippen LogP contribution in [0.15, 0.2) is 41.5 Å². The average molecular weight is 337 g/mol. The molecule has 1 fully saturated rings. The quantitative estimate of drug-likeness (QED) is 0.772. The summed E-state index contributed by atoms with van der Waals surface area (Å²) in [4.78, 5) is 37.1. The lowest BCUT2D eigenvalue weighted by Gasteiger charge is -2.32. The van der Waals surface area contributed by atoms with Gasteiger partial charge in [-0.05, 0) is 38.0 Å². The Labute approximate surface area is 144 Å². The van der Waals surface area contributed by atoms with Gasteiger partial charge in [-0.25, -0.2) is 14.8 Å². The van der Waals surface area contributed by atoms with Crippen molar-refractivity contribution in [3.8, 4) is 0 Å². The molecule has 3 aromatic heterocycles. The molecule has 0 aromatic carbocycles. The number of hydrogen-bond donors (Lipinski definition) is 1. The number of nitrogens with one attached hydrogen (secondary N) is 1. The molecule has 1 unspecified atom stereocenters. The van der Waals surface area contributed by atoms with E-state index in [1.165, 1.54) is 6.20 Å². The molecule has 128 valence electrons. The van der Waals surface area contributed by atoms with Gasteiger partial charge in [-0.15, -0.1) is 0 Å². The van der Waals surface area contributed by atoms with Crippen molar-refractivity contribution in [2.75, 3.05) is 13.1 Å². The van der Waals surface area contributed by atoms with E-state index < -0.39 is 0 Å². The fraction of sp³-hybridized carbons (Fsp3) is 0.333. The second-order valence-corrected chi connectivity index (χ2v) is 6.44. The number of nitrogens with zero attached hydrogens (tertiary/aromatic N) is 4. The third kappa shape index (κ3) is 2.93. The van der Waals surface area contributed by atoms with Crippen LogP contribution < -0.4 is 5.69 Å². The van der Waals surface area contributed by atoms with Crippen LogP contribution in [0.2, 0.25) is 0 Å². The summed E-state index contributed by atoms with van der Waals surface area (Å²) >= 11 is 0. The molecule has 1 aliphatic rings. The Morgan fingerprint density at radius 3 is 3.00 bits per heavy atom. The number of likely N-dealkylation sites (tertiary alicyclic amines) is 1. The fourth-order valence-electron chi connectivity index (χ4n) is 3.45. The number of pyridine rings is 1. The number of carbonyl (C=O) groups is 1. The number of piperidine rings is 1. The molecule has 3 aromatic rings. The maximum atomic E-state index is 12.9. The number of carbonyl (C=O) groups excluding carboxylic acids is 1. The second-order valence-electron chi connectivity index (χ2n) is 6.44. The first kappa shape index (κ1) is 15.6. The SMILES string of the molecule is Cc1cccc2nc(C(=O)N3CCCC(c4ccnc(=O)[nH]4)C3)cn12. The van der Waals surface area contributed by atoms with Gasteiger partial charge in [0, 0.05) is 42.8 Å². The molecule has 1 atom stereocenters. The topological polar surface area (TPSA) is 83.4 Å². The number of amides is 1. The molecular formula is C18H19N5O2. The van der Waals surface area contributed by atoms with Crippen molar-refractivity contribution in [1.29, 1.82) is 0 Å². The van der Waals surface area contributed by atoms with Crippen molar-refractivity contribution in [3.05, 3.63) is 64.2 Å². The van der Waals surface area contributed by atoms with Gasteiger partial charge in [0.15, 0.2) is 0 Å². The molecular weight excluding hydrogens is 318 g/mol. The van der Waals surface area contributed by atoms with Crippen LogP contribution in [-0.2, 0) is 0 Å². The molecule has 0 saturated carbocycles. The van der Waals surface area contributed by atoms with E-state index in [4.69, 9.17) is 0 Å². The largest absolute Gasteiger partial charge is 0.345 e. The Hall–Kier alpha value is -2.96. The molecule has 0 bridgehead atoms. The van der Waals surface area contributed by atoms with Crippen molar-refractivity contribution in [2.45, 2.75) is 25.7 Å². The van der Waals surface area contributed by atoms with E-state index >= 15 is 0 Å². The molecule has 1 aliphatic heterocycles.